The average Bonchev–Trinajstić information content (AvgIpc) is 2.39. The molecule has 0 aliphatic heterocycles. The number of hydrogen-bond donors (Lipinski definition) is 0. The molecule has 0 fully saturated rings. The molecule has 1 amide bonds. The fourth-order valence-electron chi connectivity index (χ4n) is 2.02. The van der Waals surface area contributed by atoms with Crippen LogP contribution in [-0.4, -0.2) is 12.5 Å². The minimum Gasteiger partial charge on any atom is -0.309 e. The maximum atomic E-state index is 12.5. The van der Waals surface area contributed by atoms with Gasteiger partial charge in [-0.05, 0) is 49.7 Å². The average molecular weight is 274 g/mol. The minimum absolute atomic E-state index is 0.0319. The van der Waals surface area contributed by atoms with E-state index >= 15 is 0 Å². The molecular formula is C16H16ClNO. The third-order valence-corrected chi connectivity index (χ3v) is 3.18. The van der Waals surface area contributed by atoms with E-state index in [0.29, 0.717) is 17.1 Å². The zero-order chi connectivity index (χ0) is 13.8. The molecule has 0 aliphatic rings. The third-order valence-electron chi connectivity index (χ3n) is 2.95. The Balaban J connectivity index is 2.34. The Morgan fingerprint density at radius 1 is 1.16 bits per heavy atom. The van der Waals surface area contributed by atoms with E-state index in [2.05, 4.69) is 0 Å². The molecule has 98 valence electrons. The molecule has 0 N–H and O–H groups in total. The van der Waals surface area contributed by atoms with E-state index in [1.54, 1.807) is 29.2 Å². The van der Waals surface area contributed by atoms with Gasteiger partial charge < -0.3 is 4.90 Å². The van der Waals surface area contributed by atoms with Gasteiger partial charge in [0.15, 0.2) is 0 Å². The smallest absolute Gasteiger partial charge is 0.258 e. The molecule has 0 spiro atoms. The Morgan fingerprint density at radius 3 is 2.53 bits per heavy atom. The Hall–Kier alpha value is -1.80. The fourth-order valence-corrected chi connectivity index (χ4v) is 2.21. The molecule has 0 saturated heterocycles. The van der Waals surface area contributed by atoms with Crippen LogP contribution in [0.15, 0.2) is 48.5 Å². The first-order valence-electron chi connectivity index (χ1n) is 6.26. The summed E-state index contributed by atoms with van der Waals surface area (Å²) in [4.78, 5) is 14.3. The Bertz CT molecular complexity index is 595. The van der Waals surface area contributed by atoms with Crippen molar-refractivity contribution in [3.05, 3.63) is 64.7 Å². The number of anilines is 1. The van der Waals surface area contributed by atoms with Crippen molar-refractivity contribution in [2.75, 3.05) is 11.4 Å². The molecule has 0 atom stereocenters. The molecule has 3 heteroatoms. The Labute approximate surface area is 118 Å². The summed E-state index contributed by atoms with van der Waals surface area (Å²) in [6, 6.07) is 15.0. The molecule has 2 nitrogen and oxygen atoms in total. The lowest BCUT2D eigenvalue weighted by atomic mass is 10.1. The number of nitrogens with zero attached hydrogens (tertiary/aromatic N) is 1. The van der Waals surface area contributed by atoms with Gasteiger partial charge in [-0.2, -0.15) is 0 Å². The lowest BCUT2D eigenvalue weighted by molar-refractivity contribution is 0.0988. The molecule has 0 aromatic heterocycles. The van der Waals surface area contributed by atoms with Crippen molar-refractivity contribution >= 4 is 23.2 Å². The number of halogens is 1. The number of aryl methyl sites for hydroxylation is 1. The van der Waals surface area contributed by atoms with Crippen LogP contribution in [0.1, 0.15) is 22.8 Å². The van der Waals surface area contributed by atoms with Crippen LogP contribution in [0.4, 0.5) is 5.69 Å². The lowest BCUT2D eigenvalue weighted by Crippen LogP contribution is -2.30. The molecule has 2 rings (SSSR count). The summed E-state index contributed by atoms with van der Waals surface area (Å²) >= 11 is 5.94. The van der Waals surface area contributed by atoms with Gasteiger partial charge in [0, 0.05) is 22.8 Å². The molecule has 0 saturated carbocycles. The van der Waals surface area contributed by atoms with E-state index in [0.717, 1.165) is 11.3 Å². The number of benzene rings is 2. The molecule has 0 heterocycles. The summed E-state index contributed by atoms with van der Waals surface area (Å²) < 4.78 is 0. The van der Waals surface area contributed by atoms with Crippen LogP contribution in [0.25, 0.3) is 0 Å². The first-order valence-corrected chi connectivity index (χ1v) is 6.63. The largest absolute Gasteiger partial charge is 0.309 e. The number of rotatable bonds is 3. The van der Waals surface area contributed by atoms with Crippen LogP contribution < -0.4 is 4.90 Å². The normalized spacial score (nSPS) is 10.3. The maximum Gasteiger partial charge on any atom is 0.258 e. The summed E-state index contributed by atoms with van der Waals surface area (Å²) in [5.41, 5.74) is 2.65. The molecule has 2 aromatic carbocycles. The standard InChI is InChI=1S/C16H16ClNO/c1-3-18(15-9-4-6-12(2)10-15)16(19)13-7-5-8-14(17)11-13/h4-11H,3H2,1-2H3. The number of amides is 1. The summed E-state index contributed by atoms with van der Waals surface area (Å²) in [7, 11) is 0. The maximum absolute atomic E-state index is 12.5. The van der Waals surface area contributed by atoms with Gasteiger partial charge in [0.1, 0.15) is 0 Å². The number of hydrogen-bond acceptors (Lipinski definition) is 1. The molecule has 2 aromatic rings. The quantitative estimate of drug-likeness (QED) is 0.816. The zero-order valence-electron chi connectivity index (χ0n) is 11.1. The molecule has 19 heavy (non-hydrogen) atoms. The molecular weight excluding hydrogens is 258 g/mol. The Kier molecular flexibility index (Phi) is 4.23. The van der Waals surface area contributed by atoms with Gasteiger partial charge in [-0.15, -0.1) is 0 Å². The van der Waals surface area contributed by atoms with Crippen molar-refractivity contribution in [1.29, 1.82) is 0 Å². The van der Waals surface area contributed by atoms with E-state index in [1.165, 1.54) is 0 Å². The van der Waals surface area contributed by atoms with Crippen LogP contribution in [0.3, 0.4) is 0 Å². The van der Waals surface area contributed by atoms with Gasteiger partial charge in [0.05, 0.1) is 0 Å². The van der Waals surface area contributed by atoms with E-state index in [9.17, 15) is 4.79 Å². The summed E-state index contributed by atoms with van der Waals surface area (Å²) in [6.45, 7) is 4.60. The second-order valence-corrected chi connectivity index (χ2v) is 4.84. The highest BCUT2D eigenvalue weighted by Crippen LogP contribution is 2.20. The van der Waals surface area contributed by atoms with Crippen molar-refractivity contribution in [2.24, 2.45) is 0 Å². The van der Waals surface area contributed by atoms with E-state index in [1.807, 2.05) is 38.1 Å². The summed E-state index contributed by atoms with van der Waals surface area (Å²) in [5.74, 6) is -0.0319. The second-order valence-electron chi connectivity index (χ2n) is 4.40. The fraction of sp³-hybridized carbons (Fsp3) is 0.188. The SMILES string of the molecule is CCN(C(=O)c1cccc(Cl)c1)c1cccc(C)c1. The summed E-state index contributed by atoms with van der Waals surface area (Å²) in [6.07, 6.45) is 0. The van der Waals surface area contributed by atoms with Crippen molar-refractivity contribution in [2.45, 2.75) is 13.8 Å². The van der Waals surface area contributed by atoms with Gasteiger partial charge in [-0.25, -0.2) is 0 Å². The minimum atomic E-state index is -0.0319. The molecule has 0 aliphatic carbocycles. The second kappa shape index (κ2) is 5.89. The molecule has 0 bridgehead atoms. The van der Waals surface area contributed by atoms with Gasteiger partial charge in [0.2, 0.25) is 0 Å². The van der Waals surface area contributed by atoms with Crippen molar-refractivity contribution in [1.82, 2.24) is 0 Å². The highest BCUT2D eigenvalue weighted by atomic mass is 35.5. The van der Waals surface area contributed by atoms with Gasteiger partial charge in [-0.1, -0.05) is 29.8 Å². The van der Waals surface area contributed by atoms with Crippen molar-refractivity contribution < 1.29 is 4.79 Å². The number of carbonyl (C=O) groups is 1. The third kappa shape index (κ3) is 3.15. The van der Waals surface area contributed by atoms with Gasteiger partial charge in [0.25, 0.3) is 5.91 Å². The molecule has 0 radical (unpaired) electrons. The predicted octanol–water partition coefficient (Wildman–Crippen LogP) is 4.32. The zero-order valence-corrected chi connectivity index (χ0v) is 11.8. The number of carbonyl (C=O) groups excluding carboxylic acids is 1. The monoisotopic (exact) mass is 273 g/mol. The van der Waals surface area contributed by atoms with Crippen LogP contribution in [0.2, 0.25) is 5.02 Å². The van der Waals surface area contributed by atoms with E-state index < -0.39 is 0 Å². The highest BCUT2D eigenvalue weighted by Gasteiger charge is 2.16. The predicted molar refractivity (Wildman–Crippen MR) is 80.0 cm³/mol. The topological polar surface area (TPSA) is 20.3 Å². The first kappa shape index (κ1) is 13.6. The van der Waals surface area contributed by atoms with E-state index in [-0.39, 0.29) is 5.91 Å². The van der Waals surface area contributed by atoms with Crippen LogP contribution in [0.5, 0.6) is 0 Å². The highest BCUT2D eigenvalue weighted by molar-refractivity contribution is 6.31. The van der Waals surface area contributed by atoms with E-state index in [4.69, 9.17) is 11.6 Å². The molecule has 0 unspecified atom stereocenters. The van der Waals surface area contributed by atoms with Gasteiger partial charge >= 0.3 is 0 Å². The van der Waals surface area contributed by atoms with Crippen molar-refractivity contribution in [3.63, 3.8) is 0 Å². The van der Waals surface area contributed by atoms with Crippen LogP contribution >= 0.6 is 11.6 Å². The first-order chi connectivity index (χ1) is 9.11. The summed E-state index contributed by atoms with van der Waals surface area (Å²) in [5, 5.41) is 0.575. The lowest BCUT2D eigenvalue weighted by Gasteiger charge is -2.21. The van der Waals surface area contributed by atoms with Crippen LogP contribution in [0, 0.1) is 6.92 Å². The van der Waals surface area contributed by atoms with Crippen molar-refractivity contribution in [3.8, 4) is 0 Å². The van der Waals surface area contributed by atoms with Gasteiger partial charge in [-0.3, -0.25) is 4.79 Å². The Morgan fingerprint density at radius 2 is 1.89 bits per heavy atom. The van der Waals surface area contributed by atoms with Crippen LogP contribution in [-0.2, 0) is 0 Å².